The Morgan fingerprint density at radius 1 is 1.42 bits per heavy atom. The second-order valence-electron chi connectivity index (χ2n) is 6.92. The molecule has 1 amide bonds. The van der Waals surface area contributed by atoms with E-state index in [-0.39, 0.29) is 5.56 Å². The van der Waals surface area contributed by atoms with Crippen molar-refractivity contribution in [3.8, 4) is 0 Å². The number of carbonyl (C=O) groups is 1. The summed E-state index contributed by atoms with van der Waals surface area (Å²) in [7, 11) is 1.83. The lowest BCUT2D eigenvalue weighted by Gasteiger charge is -2.30. The van der Waals surface area contributed by atoms with Crippen LogP contribution in [0.1, 0.15) is 22.3 Å². The molecule has 1 saturated heterocycles. The van der Waals surface area contributed by atoms with Crippen molar-refractivity contribution in [2.75, 3.05) is 31.6 Å². The molecule has 1 aromatic heterocycles. The number of pyridine rings is 1. The van der Waals surface area contributed by atoms with Gasteiger partial charge in [-0.3, -0.25) is 9.69 Å². The summed E-state index contributed by atoms with van der Waals surface area (Å²) in [5, 5.41) is 11.3. The molecule has 0 aliphatic carbocycles. The maximum Gasteiger partial charge on any atom is 0.250 e. The molecule has 1 fully saturated rings. The van der Waals surface area contributed by atoms with Crippen LogP contribution in [0.5, 0.6) is 0 Å². The summed E-state index contributed by atoms with van der Waals surface area (Å²) in [5.41, 5.74) is 5.91. The fraction of sp³-hybridized carbons (Fsp3) is 0.368. The van der Waals surface area contributed by atoms with E-state index in [9.17, 15) is 9.90 Å². The van der Waals surface area contributed by atoms with E-state index in [1.54, 1.807) is 0 Å². The first-order valence-corrected chi connectivity index (χ1v) is 8.89. The molecule has 1 aliphatic rings. The number of carbonyl (C=O) groups excluding carboxylic acids is 1. The number of aromatic nitrogens is 1. The average Bonchev–Trinajstić information content (AvgIpc) is 2.95. The minimum absolute atomic E-state index is 0.265. The number of benzene rings is 1. The lowest BCUT2D eigenvalue weighted by atomic mass is 10.0. The van der Waals surface area contributed by atoms with Crippen LogP contribution in [0, 0.1) is 0 Å². The normalized spacial score (nSPS) is 20.3. The van der Waals surface area contributed by atoms with E-state index >= 15 is 0 Å². The van der Waals surface area contributed by atoms with E-state index in [2.05, 4.69) is 22.0 Å². The molecule has 1 atom stereocenters. The molecule has 1 aliphatic heterocycles. The summed E-state index contributed by atoms with van der Waals surface area (Å²) in [5.74, 6) is -0.0498. The van der Waals surface area contributed by atoms with Gasteiger partial charge in [0.1, 0.15) is 5.82 Å². The van der Waals surface area contributed by atoms with Crippen molar-refractivity contribution in [2.24, 2.45) is 5.73 Å². The Hall–Kier alpha value is -2.15. The van der Waals surface area contributed by atoms with Gasteiger partial charge in [-0.05, 0) is 18.1 Å². The van der Waals surface area contributed by atoms with Gasteiger partial charge in [0.05, 0.1) is 16.2 Å². The zero-order valence-electron chi connectivity index (χ0n) is 14.7. The third kappa shape index (κ3) is 4.33. The Kier molecular flexibility index (Phi) is 5.46. The number of nitrogens with two attached hydrogens (primary N) is 1. The van der Waals surface area contributed by atoms with Crippen molar-refractivity contribution in [1.82, 2.24) is 9.88 Å². The smallest absolute Gasteiger partial charge is 0.250 e. The van der Waals surface area contributed by atoms with Crippen molar-refractivity contribution in [1.29, 1.82) is 0 Å². The fourth-order valence-electron chi connectivity index (χ4n) is 3.41. The van der Waals surface area contributed by atoms with E-state index < -0.39 is 11.5 Å². The number of nitrogens with zero attached hydrogens (tertiary/aromatic N) is 3. The van der Waals surface area contributed by atoms with Crippen LogP contribution in [0.3, 0.4) is 0 Å². The van der Waals surface area contributed by atoms with Crippen molar-refractivity contribution < 1.29 is 9.90 Å². The van der Waals surface area contributed by atoms with Crippen LogP contribution in [-0.4, -0.2) is 53.2 Å². The predicted molar refractivity (Wildman–Crippen MR) is 102 cm³/mol. The summed E-state index contributed by atoms with van der Waals surface area (Å²) in [6, 6.07) is 11.7. The fourth-order valence-corrected chi connectivity index (χ4v) is 3.72. The van der Waals surface area contributed by atoms with Crippen LogP contribution < -0.4 is 10.6 Å². The number of primary amides is 1. The molecule has 2 heterocycles. The van der Waals surface area contributed by atoms with Crippen LogP contribution >= 0.6 is 11.6 Å². The van der Waals surface area contributed by atoms with E-state index in [0.29, 0.717) is 30.4 Å². The summed E-state index contributed by atoms with van der Waals surface area (Å²) in [4.78, 5) is 19.5. The van der Waals surface area contributed by atoms with Gasteiger partial charge < -0.3 is 15.7 Å². The molecule has 1 unspecified atom stereocenters. The van der Waals surface area contributed by atoms with Crippen molar-refractivity contribution >= 4 is 23.3 Å². The van der Waals surface area contributed by atoms with Gasteiger partial charge in [-0.25, -0.2) is 4.98 Å². The lowest BCUT2D eigenvalue weighted by Crippen LogP contribution is -2.44. The van der Waals surface area contributed by atoms with Crippen LogP contribution in [0.15, 0.2) is 42.6 Å². The molecule has 0 saturated carbocycles. The van der Waals surface area contributed by atoms with E-state index in [4.69, 9.17) is 17.3 Å². The Morgan fingerprint density at radius 2 is 2.15 bits per heavy atom. The molecule has 0 bridgehead atoms. The van der Waals surface area contributed by atoms with Gasteiger partial charge in [0, 0.05) is 39.4 Å². The number of anilines is 1. The van der Waals surface area contributed by atoms with Gasteiger partial charge in [0.2, 0.25) is 5.91 Å². The van der Waals surface area contributed by atoms with Gasteiger partial charge in [-0.2, -0.15) is 0 Å². The highest BCUT2D eigenvalue weighted by molar-refractivity contribution is 6.33. The molecule has 26 heavy (non-hydrogen) atoms. The van der Waals surface area contributed by atoms with E-state index in [1.165, 1.54) is 17.8 Å². The summed E-state index contributed by atoms with van der Waals surface area (Å²) < 4.78 is 0. The number of likely N-dealkylation sites (N-methyl/N-ethyl adjacent to an activating group) is 1. The van der Waals surface area contributed by atoms with Gasteiger partial charge in [-0.1, -0.05) is 41.9 Å². The Bertz CT molecular complexity index is 786. The molecule has 3 rings (SSSR count). The molecule has 6 nitrogen and oxygen atoms in total. The molecular formula is C19H23ClN4O2. The molecule has 0 radical (unpaired) electrons. The quantitative estimate of drug-likeness (QED) is 0.807. The Balaban J connectivity index is 1.64. The molecular weight excluding hydrogens is 352 g/mol. The van der Waals surface area contributed by atoms with Crippen LogP contribution in [0.25, 0.3) is 0 Å². The zero-order chi connectivity index (χ0) is 18.7. The zero-order valence-corrected chi connectivity index (χ0v) is 15.5. The number of β-amino-alcohol motifs (C(OH)–C–C–N with tert-alkyl or cyclic N) is 1. The maximum absolute atomic E-state index is 11.2. The van der Waals surface area contributed by atoms with Gasteiger partial charge >= 0.3 is 0 Å². The molecule has 7 heteroatoms. The standard InChI is InChI=1S/C19H23ClN4O2/c1-23(18-16(20)9-15(10-22-18)17(21)25)12-19(26)7-8-24(13-19)11-14-5-3-2-4-6-14/h2-6,9-10,26H,7-8,11-13H2,1H3,(H2,21,25). The molecule has 1 aromatic carbocycles. The first kappa shape index (κ1) is 18.6. The Labute approximate surface area is 158 Å². The minimum atomic E-state index is -0.836. The number of hydrogen-bond donors (Lipinski definition) is 2. The number of likely N-dealkylation sites (tertiary alicyclic amines) is 1. The highest BCUT2D eigenvalue weighted by Crippen LogP contribution is 2.28. The third-order valence-electron chi connectivity index (χ3n) is 4.66. The number of aliphatic hydroxyl groups is 1. The first-order chi connectivity index (χ1) is 12.4. The highest BCUT2D eigenvalue weighted by Gasteiger charge is 2.37. The highest BCUT2D eigenvalue weighted by atomic mass is 35.5. The van der Waals surface area contributed by atoms with Crippen LogP contribution in [-0.2, 0) is 6.54 Å². The van der Waals surface area contributed by atoms with Gasteiger partial charge in [0.25, 0.3) is 0 Å². The monoisotopic (exact) mass is 374 g/mol. The van der Waals surface area contributed by atoms with Crippen LogP contribution in [0.4, 0.5) is 5.82 Å². The van der Waals surface area contributed by atoms with E-state index in [1.807, 2.05) is 30.1 Å². The van der Waals surface area contributed by atoms with Crippen LogP contribution in [0.2, 0.25) is 5.02 Å². The van der Waals surface area contributed by atoms with Gasteiger partial charge in [0.15, 0.2) is 0 Å². The third-order valence-corrected chi connectivity index (χ3v) is 4.94. The second-order valence-corrected chi connectivity index (χ2v) is 7.33. The number of rotatable bonds is 6. The lowest BCUT2D eigenvalue weighted by molar-refractivity contribution is 0.0561. The molecule has 2 aromatic rings. The van der Waals surface area contributed by atoms with Gasteiger partial charge in [-0.15, -0.1) is 0 Å². The number of amides is 1. The topological polar surface area (TPSA) is 82.7 Å². The Morgan fingerprint density at radius 3 is 2.81 bits per heavy atom. The SMILES string of the molecule is CN(CC1(O)CCN(Cc2ccccc2)C1)c1ncc(C(N)=O)cc1Cl. The predicted octanol–water partition coefficient (Wildman–Crippen LogP) is 1.91. The second kappa shape index (κ2) is 7.61. The number of halogens is 1. The van der Waals surface area contributed by atoms with Crippen molar-refractivity contribution in [3.63, 3.8) is 0 Å². The summed E-state index contributed by atoms with van der Waals surface area (Å²) >= 11 is 6.23. The van der Waals surface area contributed by atoms with Crippen molar-refractivity contribution in [2.45, 2.75) is 18.6 Å². The minimum Gasteiger partial charge on any atom is -0.387 e. The van der Waals surface area contributed by atoms with E-state index in [0.717, 1.165) is 13.1 Å². The maximum atomic E-state index is 11.2. The summed E-state index contributed by atoms with van der Waals surface area (Å²) in [6.07, 6.45) is 2.08. The largest absolute Gasteiger partial charge is 0.387 e. The molecule has 138 valence electrons. The first-order valence-electron chi connectivity index (χ1n) is 8.51. The van der Waals surface area contributed by atoms with Crippen molar-refractivity contribution in [3.05, 3.63) is 58.7 Å². The number of hydrogen-bond acceptors (Lipinski definition) is 5. The molecule has 0 spiro atoms. The summed E-state index contributed by atoms with van der Waals surface area (Å²) in [6.45, 7) is 2.64. The molecule has 3 N–H and O–H groups in total. The average molecular weight is 375 g/mol.